The van der Waals surface area contributed by atoms with Crippen LogP contribution in [0.3, 0.4) is 0 Å². The highest BCUT2D eigenvalue weighted by atomic mass is 35.5. The third-order valence-corrected chi connectivity index (χ3v) is 7.16. The van der Waals surface area contributed by atoms with Gasteiger partial charge in [-0.2, -0.15) is 0 Å². The Hall–Kier alpha value is -2.91. The maximum atomic E-state index is 14.0. The third kappa shape index (κ3) is 5.36. The van der Waals surface area contributed by atoms with Crippen molar-refractivity contribution < 1.29 is 19.0 Å². The van der Waals surface area contributed by atoms with Gasteiger partial charge in [-0.1, -0.05) is 35.6 Å². The monoisotopic (exact) mass is 513 g/mol. The summed E-state index contributed by atoms with van der Waals surface area (Å²) in [5, 5.41) is 2.69. The summed E-state index contributed by atoms with van der Waals surface area (Å²) in [4.78, 5) is 22.9. The van der Waals surface area contributed by atoms with Crippen LogP contribution in [0.2, 0.25) is 0 Å². The Kier molecular flexibility index (Phi) is 8.07. The summed E-state index contributed by atoms with van der Waals surface area (Å²) in [5.41, 5.74) is 1.34. The second-order valence-corrected chi connectivity index (χ2v) is 9.15. The van der Waals surface area contributed by atoms with E-state index in [2.05, 4.69) is 4.90 Å². The number of methoxy groups -OCH3 is 2. The van der Waals surface area contributed by atoms with E-state index in [9.17, 15) is 4.79 Å². The fourth-order valence-corrected chi connectivity index (χ4v) is 5.16. The summed E-state index contributed by atoms with van der Waals surface area (Å²) in [5.74, 6) is 1.18. The number of halogens is 1. The van der Waals surface area contributed by atoms with Crippen molar-refractivity contribution in [2.45, 2.75) is 0 Å². The fraction of sp³-hybridized carbons (Fsp3) is 0.308. The summed E-state index contributed by atoms with van der Waals surface area (Å²) >= 11 is 1.51. The van der Waals surface area contributed by atoms with E-state index in [1.54, 1.807) is 19.1 Å². The van der Waals surface area contributed by atoms with E-state index in [-0.39, 0.29) is 18.3 Å². The zero-order valence-electron chi connectivity index (χ0n) is 19.7. The minimum atomic E-state index is -0.123. The quantitative estimate of drug-likeness (QED) is 0.351. The highest BCUT2D eigenvalue weighted by Gasteiger charge is 2.25. The van der Waals surface area contributed by atoms with Crippen LogP contribution < -0.4 is 14.4 Å². The first-order valence-electron chi connectivity index (χ1n) is 11.3. The van der Waals surface area contributed by atoms with Crippen molar-refractivity contribution in [1.29, 1.82) is 0 Å². The highest BCUT2D eigenvalue weighted by Crippen LogP contribution is 2.34. The van der Waals surface area contributed by atoms with E-state index < -0.39 is 0 Å². The lowest BCUT2D eigenvalue weighted by atomic mass is 10.0. The molecule has 0 bridgehead atoms. The number of ether oxygens (including phenoxy) is 3. The van der Waals surface area contributed by atoms with Gasteiger partial charge in [0.05, 0.1) is 43.2 Å². The first-order chi connectivity index (χ1) is 16.7. The molecular weight excluding hydrogens is 486 g/mol. The molecule has 2 heterocycles. The van der Waals surface area contributed by atoms with Gasteiger partial charge >= 0.3 is 0 Å². The molecule has 0 saturated carbocycles. The Balaban J connectivity index is 0.00000289. The van der Waals surface area contributed by atoms with Gasteiger partial charge in [-0.05, 0) is 35.0 Å². The van der Waals surface area contributed by atoms with Crippen LogP contribution in [0, 0.1) is 0 Å². The molecule has 0 N–H and O–H groups in total. The summed E-state index contributed by atoms with van der Waals surface area (Å²) in [6.45, 7) is 4.41. The molecule has 5 rings (SSSR count). The number of fused-ring (bicyclic) bond motifs is 2. The first kappa shape index (κ1) is 25.2. The van der Waals surface area contributed by atoms with Crippen molar-refractivity contribution in [2.75, 3.05) is 58.5 Å². The van der Waals surface area contributed by atoms with Crippen LogP contribution >= 0.6 is 23.7 Å². The number of thiazole rings is 1. The van der Waals surface area contributed by atoms with Gasteiger partial charge in [-0.25, -0.2) is 4.98 Å². The van der Waals surface area contributed by atoms with Crippen molar-refractivity contribution in [2.24, 2.45) is 0 Å². The fourth-order valence-electron chi connectivity index (χ4n) is 4.19. The molecule has 1 aliphatic rings. The lowest BCUT2D eigenvalue weighted by molar-refractivity contribution is 0.0391. The molecule has 0 atom stereocenters. The molecule has 1 aliphatic heterocycles. The number of carbonyl (C=O) groups is 1. The average Bonchev–Trinajstić information content (AvgIpc) is 3.31. The number of hydrogen-bond acceptors (Lipinski definition) is 7. The van der Waals surface area contributed by atoms with E-state index >= 15 is 0 Å². The zero-order chi connectivity index (χ0) is 23.5. The van der Waals surface area contributed by atoms with E-state index in [4.69, 9.17) is 19.2 Å². The van der Waals surface area contributed by atoms with Crippen LogP contribution in [-0.2, 0) is 4.74 Å². The summed E-state index contributed by atoms with van der Waals surface area (Å²) in [6.07, 6.45) is 0. The van der Waals surface area contributed by atoms with Crippen LogP contribution in [0.25, 0.3) is 21.0 Å². The number of rotatable bonds is 7. The van der Waals surface area contributed by atoms with Crippen molar-refractivity contribution in [3.8, 4) is 11.5 Å². The second kappa shape index (κ2) is 11.2. The van der Waals surface area contributed by atoms with E-state index in [0.29, 0.717) is 36.2 Å². The number of aromatic nitrogens is 1. The molecule has 7 nitrogen and oxygen atoms in total. The number of nitrogens with zero attached hydrogens (tertiary/aromatic N) is 3. The minimum absolute atomic E-state index is 0. The molecule has 1 amide bonds. The Labute approximate surface area is 214 Å². The van der Waals surface area contributed by atoms with E-state index in [0.717, 1.165) is 46.4 Å². The molecule has 35 heavy (non-hydrogen) atoms. The number of hydrogen-bond donors (Lipinski definition) is 0. The van der Waals surface area contributed by atoms with Crippen molar-refractivity contribution in [3.63, 3.8) is 0 Å². The van der Waals surface area contributed by atoms with Gasteiger partial charge in [0.1, 0.15) is 11.5 Å². The molecule has 0 spiro atoms. The number of benzene rings is 3. The minimum Gasteiger partial charge on any atom is -0.497 e. The molecule has 0 unspecified atom stereocenters. The number of anilines is 1. The topological polar surface area (TPSA) is 64.1 Å². The predicted octanol–water partition coefficient (Wildman–Crippen LogP) is 4.87. The summed E-state index contributed by atoms with van der Waals surface area (Å²) in [7, 11) is 3.24. The molecule has 3 aromatic carbocycles. The van der Waals surface area contributed by atoms with Crippen molar-refractivity contribution >= 4 is 55.8 Å². The first-order valence-corrected chi connectivity index (χ1v) is 12.1. The van der Waals surface area contributed by atoms with Gasteiger partial charge in [-0.3, -0.25) is 14.6 Å². The summed E-state index contributed by atoms with van der Waals surface area (Å²) in [6, 6.07) is 17.6. The van der Waals surface area contributed by atoms with Gasteiger partial charge < -0.3 is 14.2 Å². The highest BCUT2D eigenvalue weighted by molar-refractivity contribution is 7.22. The maximum absolute atomic E-state index is 14.0. The number of morpholine rings is 1. The molecular formula is C26H28ClN3O4S. The van der Waals surface area contributed by atoms with E-state index in [1.807, 2.05) is 54.6 Å². The predicted molar refractivity (Wildman–Crippen MR) is 143 cm³/mol. The molecule has 0 aliphatic carbocycles. The normalized spacial score (nSPS) is 14.0. The molecule has 9 heteroatoms. The second-order valence-electron chi connectivity index (χ2n) is 8.14. The van der Waals surface area contributed by atoms with Crippen molar-refractivity contribution in [1.82, 2.24) is 9.88 Å². The molecule has 1 saturated heterocycles. The number of carbonyl (C=O) groups excluding carboxylic acids is 1. The summed E-state index contributed by atoms with van der Waals surface area (Å²) < 4.78 is 17.5. The van der Waals surface area contributed by atoms with Crippen LogP contribution in [0.1, 0.15) is 10.4 Å². The van der Waals surface area contributed by atoms with Gasteiger partial charge in [0.15, 0.2) is 5.13 Å². The standard InChI is InChI=1S/C26H27N3O4S.ClH/c1-31-20-7-8-24-22(17-20)27-26(34-24)29(10-9-28-11-13-33-14-12-28)25(30)21-15-18-5-3-4-6-19(18)16-23(21)32-2;/h3-8,15-17H,9-14H2,1-2H3;1H. The smallest absolute Gasteiger partial charge is 0.263 e. The van der Waals surface area contributed by atoms with Gasteiger partial charge in [0, 0.05) is 32.2 Å². The Bertz CT molecular complexity index is 1320. The lowest BCUT2D eigenvalue weighted by Gasteiger charge is -2.29. The van der Waals surface area contributed by atoms with Crippen molar-refractivity contribution in [3.05, 3.63) is 60.2 Å². The van der Waals surface area contributed by atoms with Gasteiger partial charge in [0.25, 0.3) is 5.91 Å². The van der Waals surface area contributed by atoms with Crippen LogP contribution in [0.4, 0.5) is 5.13 Å². The average molecular weight is 514 g/mol. The van der Waals surface area contributed by atoms with Crippen LogP contribution in [0.5, 0.6) is 11.5 Å². The molecule has 0 radical (unpaired) electrons. The largest absolute Gasteiger partial charge is 0.497 e. The van der Waals surface area contributed by atoms with Crippen LogP contribution in [0.15, 0.2) is 54.6 Å². The van der Waals surface area contributed by atoms with Crippen LogP contribution in [-0.4, -0.2) is 69.4 Å². The molecule has 1 aromatic heterocycles. The maximum Gasteiger partial charge on any atom is 0.263 e. The molecule has 4 aromatic rings. The molecule has 184 valence electrons. The van der Waals surface area contributed by atoms with Gasteiger partial charge in [-0.15, -0.1) is 12.4 Å². The molecule has 1 fully saturated rings. The Morgan fingerprint density at radius 2 is 1.80 bits per heavy atom. The number of amides is 1. The Morgan fingerprint density at radius 3 is 2.51 bits per heavy atom. The van der Waals surface area contributed by atoms with Gasteiger partial charge in [0.2, 0.25) is 0 Å². The zero-order valence-corrected chi connectivity index (χ0v) is 21.4. The lowest BCUT2D eigenvalue weighted by Crippen LogP contribution is -2.43. The third-order valence-electron chi connectivity index (χ3n) is 6.10. The SMILES string of the molecule is COc1ccc2sc(N(CCN3CCOCC3)C(=O)c3cc4ccccc4cc3OC)nc2c1.Cl. The Morgan fingerprint density at radius 1 is 1.06 bits per heavy atom. The van der Waals surface area contributed by atoms with E-state index in [1.165, 1.54) is 11.3 Å².